The number of carboxylic acid groups (broad SMARTS) is 1. The van der Waals surface area contributed by atoms with Gasteiger partial charge in [0.05, 0.1) is 11.3 Å². The second kappa shape index (κ2) is 7.74. The summed E-state index contributed by atoms with van der Waals surface area (Å²) in [5.74, 6) is -2.23. The topological polar surface area (TPSA) is 167 Å². The maximum atomic E-state index is 12.6. The molecule has 32 heavy (non-hydrogen) atoms. The lowest BCUT2D eigenvalue weighted by Gasteiger charge is -2.03. The normalized spacial score (nSPS) is 11.8. The van der Waals surface area contributed by atoms with Gasteiger partial charge in [0.2, 0.25) is 11.3 Å². The lowest BCUT2D eigenvalue weighted by atomic mass is 10.2. The third-order valence-electron chi connectivity index (χ3n) is 4.62. The van der Waals surface area contributed by atoms with Gasteiger partial charge in [-0.3, -0.25) is 14.2 Å². The number of amides is 1. The number of benzene rings is 2. The predicted octanol–water partition coefficient (Wildman–Crippen LogP) is 4.06. The number of nitrogens with one attached hydrogen (secondary N) is 1. The largest absolute Gasteiger partial charge is 0.507 e. The van der Waals surface area contributed by atoms with E-state index in [0.29, 0.717) is 38.3 Å². The zero-order chi connectivity index (χ0) is 22.2. The molecule has 1 amide bonds. The van der Waals surface area contributed by atoms with Gasteiger partial charge < -0.3 is 10.2 Å². The standard InChI is InChI=1S/C20H12N6O5S/c27-13-7-9(32-8-14(28)29)5-6-12(13)20(30)24-23-16-11-4-2-1-3-10(11)15-17(16)22-19-18(21-15)25-31-26-19/h1-7,27H,8H2,(H,22,26)(H,28,29). The number of phenolic OH excluding ortho intramolecular Hbond substituents is 1. The molecule has 158 valence electrons. The van der Waals surface area contributed by atoms with Crippen molar-refractivity contribution in [2.75, 3.05) is 5.75 Å². The number of thioether (sulfide) groups is 1. The van der Waals surface area contributed by atoms with Gasteiger partial charge in [0, 0.05) is 15.7 Å². The molecule has 2 heterocycles. The van der Waals surface area contributed by atoms with Crippen molar-refractivity contribution in [2.45, 2.75) is 4.90 Å². The highest BCUT2D eigenvalue weighted by Gasteiger charge is 2.18. The van der Waals surface area contributed by atoms with Gasteiger partial charge in [-0.25, -0.2) is 9.97 Å². The molecule has 5 rings (SSSR count). The van der Waals surface area contributed by atoms with Gasteiger partial charge in [-0.1, -0.05) is 24.3 Å². The van der Waals surface area contributed by atoms with Gasteiger partial charge in [-0.15, -0.1) is 22.0 Å². The van der Waals surface area contributed by atoms with Crippen molar-refractivity contribution in [1.29, 1.82) is 0 Å². The maximum Gasteiger partial charge on any atom is 0.313 e. The number of fused-ring (bicyclic) bond motifs is 4. The maximum absolute atomic E-state index is 12.6. The van der Waals surface area contributed by atoms with Crippen LogP contribution in [0.2, 0.25) is 0 Å². The molecule has 0 unspecified atom stereocenters. The van der Waals surface area contributed by atoms with Crippen LogP contribution in [0.4, 0.5) is 5.69 Å². The molecule has 0 saturated carbocycles. The Morgan fingerprint density at radius 2 is 1.91 bits per heavy atom. The molecule has 0 saturated heterocycles. The SMILES string of the molecule is O=C(O)CSc1ccc(C(=O)N=Nc2c3ccccc3c3nc4no[nH]c4nc23)c(O)c1. The number of carbonyl (C=O) groups is 2. The Balaban J connectivity index is 1.53. The second-order valence-corrected chi connectivity index (χ2v) is 7.69. The highest BCUT2D eigenvalue weighted by molar-refractivity contribution is 8.00. The number of hydrogen-bond acceptors (Lipinski definition) is 9. The van der Waals surface area contributed by atoms with Gasteiger partial charge in [-0.2, -0.15) is 5.16 Å². The number of H-pyrrole nitrogens is 1. The van der Waals surface area contributed by atoms with Crippen molar-refractivity contribution in [3.05, 3.63) is 48.0 Å². The van der Waals surface area contributed by atoms with Gasteiger partial charge in [0.1, 0.15) is 22.5 Å². The molecule has 5 aromatic rings. The van der Waals surface area contributed by atoms with Crippen LogP contribution < -0.4 is 0 Å². The zero-order valence-electron chi connectivity index (χ0n) is 16.0. The molecule has 3 N–H and O–H groups in total. The molecule has 0 aliphatic carbocycles. The minimum absolute atomic E-state index is 0.0607. The first-order valence-corrected chi connectivity index (χ1v) is 10.2. The van der Waals surface area contributed by atoms with Crippen LogP contribution in [0, 0.1) is 0 Å². The quantitative estimate of drug-likeness (QED) is 0.265. The summed E-state index contributed by atoms with van der Waals surface area (Å²) in [7, 11) is 0. The second-order valence-electron chi connectivity index (χ2n) is 6.64. The summed E-state index contributed by atoms with van der Waals surface area (Å²) in [5, 5.41) is 34.6. The van der Waals surface area contributed by atoms with Crippen molar-refractivity contribution in [1.82, 2.24) is 20.3 Å². The fourth-order valence-electron chi connectivity index (χ4n) is 3.22. The van der Waals surface area contributed by atoms with E-state index in [9.17, 15) is 14.7 Å². The Bertz CT molecular complexity index is 1560. The number of nitrogens with zero attached hydrogens (tertiary/aromatic N) is 5. The molecular formula is C20H12N6O5S. The molecule has 0 aliphatic heterocycles. The lowest BCUT2D eigenvalue weighted by Crippen LogP contribution is -1.98. The summed E-state index contributed by atoms with van der Waals surface area (Å²) in [5.41, 5.74) is 1.87. The van der Waals surface area contributed by atoms with Gasteiger partial charge in [0.25, 0.3) is 5.91 Å². The van der Waals surface area contributed by atoms with Crippen molar-refractivity contribution in [2.24, 2.45) is 10.2 Å². The Morgan fingerprint density at radius 3 is 2.69 bits per heavy atom. The number of aromatic hydroxyl groups is 1. The molecular weight excluding hydrogens is 436 g/mol. The average molecular weight is 448 g/mol. The van der Waals surface area contributed by atoms with Crippen LogP contribution in [0.5, 0.6) is 5.75 Å². The number of aliphatic carboxylic acids is 1. The predicted molar refractivity (Wildman–Crippen MR) is 114 cm³/mol. The zero-order valence-corrected chi connectivity index (χ0v) is 16.8. The Hall–Kier alpha value is -4.32. The number of hydrogen-bond donors (Lipinski definition) is 3. The van der Waals surface area contributed by atoms with Crippen LogP contribution in [0.25, 0.3) is 33.1 Å². The van der Waals surface area contributed by atoms with Gasteiger partial charge in [-0.05, 0) is 23.4 Å². The van der Waals surface area contributed by atoms with Crippen LogP contribution >= 0.6 is 11.8 Å². The van der Waals surface area contributed by atoms with E-state index in [1.165, 1.54) is 18.2 Å². The summed E-state index contributed by atoms with van der Waals surface area (Å²) in [6, 6.07) is 11.5. The number of carboxylic acids is 1. The Morgan fingerprint density at radius 1 is 1.09 bits per heavy atom. The summed E-state index contributed by atoms with van der Waals surface area (Å²) in [6.07, 6.45) is 0. The lowest BCUT2D eigenvalue weighted by molar-refractivity contribution is -0.133. The number of aromatic amines is 1. The highest BCUT2D eigenvalue weighted by atomic mass is 32.2. The molecule has 0 spiro atoms. The minimum atomic E-state index is -0.984. The Kier molecular flexibility index (Phi) is 4.75. The van der Waals surface area contributed by atoms with Crippen molar-refractivity contribution in [3.8, 4) is 5.75 Å². The summed E-state index contributed by atoms with van der Waals surface area (Å²) < 4.78 is 4.80. The van der Waals surface area contributed by atoms with Crippen molar-refractivity contribution >= 4 is 62.4 Å². The first kappa shape index (κ1) is 19.6. The molecule has 3 aromatic carbocycles. The number of rotatable bonds is 5. The van der Waals surface area contributed by atoms with Crippen LogP contribution in [-0.2, 0) is 4.79 Å². The molecule has 0 fully saturated rings. The minimum Gasteiger partial charge on any atom is -0.507 e. The Labute approximate surface area is 182 Å². The molecule has 0 aliphatic rings. The first-order chi connectivity index (χ1) is 15.5. The van der Waals surface area contributed by atoms with E-state index in [1.54, 1.807) is 0 Å². The van der Waals surface area contributed by atoms with Crippen LogP contribution in [0.1, 0.15) is 10.4 Å². The van der Waals surface area contributed by atoms with E-state index in [2.05, 4.69) is 30.5 Å². The molecule has 12 heteroatoms. The van der Waals surface area contributed by atoms with E-state index < -0.39 is 11.9 Å². The third-order valence-corrected chi connectivity index (χ3v) is 5.59. The fourth-order valence-corrected chi connectivity index (χ4v) is 3.87. The van der Waals surface area contributed by atoms with Gasteiger partial charge in [0.15, 0.2) is 0 Å². The molecule has 0 bridgehead atoms. The fraction of sp³-hybridized carbons (Fsp3) is 0.0500. The van der Waals surface area contributed by atoms with Crippen LogP contribution in [-0.4, -0.2) is 48.1 Å². The van der Waals surface area contributed by atoms with E-state index in [0.717, 1.165) is 17.1 Å². The summed E-state index contributed by atoms with van der Waals surface area (Å²) in [4.78, 5) is 32.7. The van der Waals surface area contributed by atoms with Crippen molar-refractivity contribution < 1.29 is 24.4 Å². The number of aromatic nitrogens is 4. The number of azo groups is 1. The summed E-state index contributed by atoms with van der Waals surface area (Å²) in [6.45, 7) is 0. The van der Waals surface area contributed by atoms with E-state index in [4.69, 9.17) is 9.74 Å². The highest BCUT2D eigenvalue weighted by Crippen LogP contribution is 2.38. The number of phenols is 1. The molecule has 0 atom stereocenters. The molecule has 0 radical (unpaired) electrons. The van der Waals surface area contributed by atoms with Crippen molar-refractivity contribution in [3.63, 3.8) is 0 Å². The number of carbonyl (C=O) groups excluding carboxylic acids is 1. The van der Waals surface area contributed by atoms with Gasteiger partial charge >= 0.3 is 5.97 Å². The van der Waals surface area contributed by atoms with E-state index >= 15 is 0 Å². The van der Waals surface area contributed by atoms with Crippen LogP contribution in [0.3, 0.4) is 0 Å². The molecule has 2 aromatic heterocycles. The smallest absolute Gasteiger partial charge is 0.313 e. The van der Waals surface area contributed by atoms with E-state index in [-0.39, 0.29) is 17.1 Å². The first-order valence-electron chi connectivity index (χ1n) is 9.17. The monoisotopic (exact) mass is 448 g/mol. The third kappa shape index (κ3) is 3.41. The summed E-state index contributed by atoms with van der Waals surface area (Å²) >= 11 is 1.02. The molecule has 11 nitrogen and oxygen atoms in total. The van der Waals surface area contributed by atoms with E-state index in [1.807, 2.05) is 24.3 Å². The van der Waals surface area contributed by atoms with Crippen LogP contribution in [0.15, 0.2) is 62.2 Å². The average Bonchev–Trinajstić information content (AvgIpc) is 3.36.